The van der Waals surface area contributed by atoms with Crippen LogP contribution < -0.4 is 0 Å². The van der Waals surface area contributed by atoms with Gasteiger partial charge in [0.2, 0.25) is 0 Å². The molecule has 1 aromatic carbocycles. The molecule has 1 aliphatic heterocycles. The van der Waals surface area contributed by atoms with Gasteiger partial charge >= 0.3 is 12.1 Å². The maximum Gasteiger partial charge on any atom is 0.416 e. The number of carboxylic acids is 1. The first-order valence-electron chi connectivity index (χ1n) is 6.73. The first-order chi connectivity index (χ1) is 10.3. The Balaban J connectivity index is 2.18. The fourth-order valence-electron chi connectivity index (χ4n) is 2.42. The molecular formula is C14H16F3NO4. The molecule has 5 nitrogen and oxygen atoms in total. The van der Waals surface area contributed by atoms with Crippen LogP contribution in [-0.4, -0.2) is 47.3 Å². The van der Waals surface area contributed by atoms with Crippen molar-refractivity contribution >= 4 is 5.97 Å². The van der Waals surface area contributed by atoms with Crippen LogP contribution in [0.25, 0.3) is 0 Å². The highest BCUT2D eigenvalue weighted by atomic mass is 19.4. The molecule has 1 fully saturated rings. The Kier molecular flexibility index (Phi) is 4.92. The van der Waals surface area contributed by atoms with Crippen LogP contribution in [0.3, 0.4) is 0 Å². The summed E-state index contributed by atoms with van der Waals surface area (Å²) >= 11 is 0. The lowest BCUT2D eigenvalue weighted by Crippen LogP contribution is -2.39. The average molecular weight is 319 g/mol. The topological polar surface area (TPSA) is 70.0 Å². The number of phenolic OH excluding ortho intramolecular Hbond substituents is 1. The van der Waals surface area contributed by atoms with E-state index in [9.17, 15) is 23.1 Å². The monoisotopic (exact) mass is 319 g/mol. The molecule has 0 radical (unpaired) electrons. The van der Waals surface area contributed by atoms with E-state index in [0.717, 1.165) is 0 Å². The number of ether oxygens (including phenoxy) is 1. The van der Waals surface area contributed by atoms with E-state index in [1.165, 1.54) is 12.1 Å². The molecule has 1 atom stereocenters. The summed E-state index contributed by atoms with van der Waals surface area (Å²) in [4.78, 5) is 12.3. The van der Waals surface area contributed by atoms with E-state index >= 15 is 0 Å². The third kappa shape index (κ3) is 4.11. The molecule has 0 aliphatic carbocycles. The Morgan fingerprint density at radius 2 is 2.14 bits per heavy atom. The van der Waals surface area contributed by atoms with Gasteiger partial charge in [-0.05, 0) is 17.7 Å². The summed E-state index contributed by atoms with van der Waals surface area (Å²) in [6.07, 6.45) is -5.48. The zero-order chi connectivity index (χ0) is 16.3. The lowest BCUT2D eigenvalue weighted by atomic mass is 10.00. The van der Waals surface area contributed by atoms with Gasteiger partial charge in [0, 0.05) is 19.6 Å². The van der Waals surface area contributed by atoms with Crippen LogP contribution >= 0.6 is 0 Å². The van der Waals surface area contributed by atoms with Crippen LogP contribution in [-0.2, 0) is 15.7 Å². The molecule has 2 N–H and O–H groups in total. The summed E-state index contributed by atoms with van der Waals surface area (Å²) in [6, 6.07) is 3.06. The van der Waals surface area contributed by atoms with Crippen LogP contribution in [0.2, 0.25) is 0 Å². The van der Waals surface area contributed by atoms with Crippen molar-refractivity contribution in [3.63, 3.8) is 0 Å². The summed E-state index contributed by atoms with van der Waals surface area (Å²) in [5.74, 6) is -1.42. The number of hydrogen-bond donors (Lipinski definition) is 2. The summed E-state index contributed by atoms with van der Waals surface area (Å²) in [6.45, 7) is 1.14. The number of carboxylic acid groups (broad SMARTS) is 1. The predicted octanol–water partition coefficient (Wildman–Crippen LogP) is 2.26. The van der Waals surface area contributed by atoms with Gasteiger partial charge in [0.1, 0.15) is 5.75 Å². The minimum Gasteiger partial charge on any atom is -0.508 e. The Bertz CT molecular complexity index is 547. The largest absolute Gasteiger partial charge is 0.508 e. The molecule has 1 aromatic rings. The number of rotatable bonds is 4. The van der Waals surface area contributed by atoms with E-state index in [2.05, 4.69) is 0 Å². The highest BCUT2D eigenvalue weighted by Gasteiger charge is 2.37. The Morgan fingerprint density at radius 1 is 1.41 bits per heavy atom. The third-order valence-electron chi connectivity index (χ3n) is 3.48. The number of halogens is 3. The SMILES string of the molecule is O=C(O)CCN1CCOC(c2ccc(O)cc2C(F)(F)F)C1. The van der Waals surface area contributed by atoms with Crippen molar-refractivity contribution in [3.8, 4) is 5.75 Å². The van der Waals surface area contributed by atoms with Gasteiger partial charge < -0.3 is 14.9 Å². The number of phenols is 1. The number of nitrogens with zero attached hydrogens (tertiary/aromatic N) is 1. The second-order valence-corrected chi connectivity index (χ2v) is 5.07. The van der Waals surface area contributed by atoms with Crippen molar-refractivity contribution < 1.29 is 32.9 Å². The second-order valence-electron chi connectivity index (χ2n) is 5.07. The summed E-state index contributed by atoms with van der Waals surface area (Å²) < 4.78 is 44.6. The molecule has 0 spiro atoms. The van der Waals surface area contributed by atoms with Gasteiger partial charge in [0.15, 0.2) is 0 Å². The molecule has 122 valence electrons. The zero-order valence-corrected chi connectivity index (χ0v) is 11.6. The summed E-state index contributed by atoms with van der Waals surface area (Å²) in [7, 11) is 0. The van der Waals surface area contributed by atoms with Gasteiger partial charge in [-0.3, -0.25) is 9.69 Å². The Labute approximate surface area is 124 Å². The number of alkyl halides is 3. The molecule has 1 unspecified atom stereocenters. The minimum absolute atomic E-state index is 0.0506. The van der Waals surface area contributed by atoms with Crippen LogP contribution in [0.5, 0.6) is 5.75 Å². The molecule has 1 heterocycles. The molecule has 0 bridgehead atoms. The number of carbonyl (C=O) groups is 1. The quantitative estimate of drug-likeness (QED) is 0.891. The first kappa shape index (κ1) is 16.6. The number of hydrogen-bond acceptors (Lipinski definition) is 4. The van der Waals surface area contributed by atoms with Crippen LogP contribution in [0.1, 0.15) is 23.7 Å². The van der Waals surface area contributed by atoms with Gasteiger partial charge in [-0.1, -0.05) is 6.07 Å². The predicted molar refractivity (Wildman–Crippen MR) is 70.5 cm³/mol. The molecule has 22 heavy (non-hydrogen) atoms. The van der Waals surface area contributed by atoms with Crippen LogP contribution in [0, 0.1) is 0 Å². The lowest BCUT2D eigenvalue weighted by molar-refractivity contribution is -0.140. The van der Waals surface area contributed by atoms with E-state index in [1.807, 2.05) is 0 Å². The molecule has 0 aromatic heterocycles. The van der Waals surface area contributed by atoms with Crippen molar-refractivity contribution in [2.75, 3.05) is 26.2 Å². The summed E-state index contributed by atoms with van der Waals surface area (Å²) in [5.41, 5.74) is -0.983. The average Bonchev–Trinajstić information content (AvgIpc) is 2.44. The van der Waals surface area contributed by atoms with E-state index in [1.54, 1.807) is 4.90 Å². The number of aliphatic carboxylic acids is 1. The highest BCUT2D eigenvalue weighted by molar-refractivity contribution is 5.66. The molecule has 1 saturated heterocycles. The minimum atomic E-state index is -4.60. The van der Waals surface area contributed by atoms with Crippen molar-refractivity contribution in [1.82, 2.24) is 4.90 Å². The second kappa shape index (κ2) is 6.53. The molecule has 0 amide bonds. The normalized spacial score (nSPS) is 20.0. The molecule has 1 aliphatic rings. The maximum atomic E-state index is 13.1. The van der Waals surface area contributed by atoms with Crippen LogP contribution in [0.15, 0.2) is 18.2 Å². The fourth-order valence-corrected chi connectivity index (χ4v) is 2.42. The maximum absolute atomic E-state index is 13.1. The van der Waals surface area contributed by atoms with Gasteiger partial charge in [-0.2, -0.15) is 13.2 Å². The third-order valence-corrected chi connectivity index (χ3v) is 3.48. The zero-order valence-electron chi connectivity index (χ0n) is 11.6. The molecular weight excluding hydrogens is 303 g/mol. The van der Waals surface area contributed by atoms with Crippen molar-refractivity contribution in [3.05, 3.63) is 29.3 Å². The van der Waals surface area contributed by atoms with Gasteiger partial charge in [-0.15, -0.1) is 0 Å². The number of morpholine rings is 1. The Morgan fingerprint density at radius 3 is 2.77 bits per heavy atom. The first-order valence-corrected chi connectivity index (χ1v) is 6.73. The molecule has 0 saturated carbocycles. The van der Waals surface area contributed by atoms with E-state index in [-0.39, 0.29) is 31.7 Å². The van der Waals surface area contributed by atoms with Crippen LogP contribution in [0.4, 0.5) is 13.2 Å². The van der Waals surface area contributed by atoms with Crippen molar-refractivity contribution in [2.45, 2.75) is 18.7 Å². The fraction of sp³-hybridized carbons (Fsp3) is 0.500. The van der Waals surface area contributed by atoms with Gasteiger partial charge in [0.25, 0.3) is 0 Å². The van der Waals surface area contributed by atoms with Gasteiger partial charge in [0.05, 0.1) is 24.7 Å². The smallest absolute Gasteiger partial charge is 0.416 e. The van der Waals surface area contributed by atoms with Gasteiger partial charge in [-0.25, -0.2) is 0 Å². The molecule has 8 heteroatoms. The van der Waals surface area contributed by atoms with Crippen molar-refractivity contribution in [1.29, 1.82) is 0 Å². The highest BCUT2D eigenvalue weighted by Crippen LogP contribution is 2.38. The van der Waals surface area contributed by atoms with E-state index < -0.39 is 29.6 Å². The van der Waals surface area contributed by atoms with Crippen molar-refractivity contribution in [2.24, 2.45) is 0 Å². The lowest BCUT2D eigenvalue weighted by Gasteiger charge is -2.33. The Hall–Kier alpha value is -1.80. The standard InChI is InChI=1S/C14H16F3NO4/c15-14(16,17)11-7-9(19)1-2-10(11)12-8-18(5-6-22-12)4-3-13(20)21/h1-2,7,12,19H,3-6,8H2,(H,20,21). The number of benzene rings is 1. The van der Waals surface area contributed by atoms with E-state index in [4.69, 9.17) is 9.84 Å². The molecule has 2 rings (SSSR count). The number of aromatic hydroxyl groups is 1. The van der Waals surface area contributed by atoms with E-state index in [0.29, 0.717) is 12.6 Å². The summed E-state index contributed by atoms with van der Waals surface area (Å²) in [5, 5.41) is 18.0.